The molecule has 3 N–H and O–H groups in total. The summed E-state index contributed by atoms with van der Waals surface area (Å²) in [7, 11) is 0. The minimum atomic E-state index is -1.61. The average molecular weight is 671 g/mol. The minimum Gasteiger partial charge on any atom is -0.506 e. The molecule has 1 aromatic carbocycles. The summed E-state index contributed by atoms with van der Waals surface area (Å²) in [6, 6.07) is 3.68. The van der Waals surface area contributed by atoms with Crippen molar-refractivity contribution in [2.24, 2.45) is 22.2 Å². The Labute approximate surface area is 294 Å². The molecular weight excluding hydrogens is 612 g/mol. The number of phenolic OH excluding ortho intramolecular Hbond substituents is 2. The number of carbonyl (C=O) groups is 3. The van der Waals surface area contributed by atoms with Crippen LogP contribution in [-0.4, -0.2) is 32.7 Å². The molecule has 266 valence electrons. The second-order valence-corrected chi connectivity index (χ2v) is 15.7. The second kappa shape index (κ2) is 15.7. The zero-order valence-electron chi connectivity index (χ0n) is 31.4. The number of Topliss-reactive ketones (excluding diaryl/α,β-unsaturated/α-hetero) is 3. The van der Waals surface area contributed by atoms with E-state index in [-0.39, 0.29) is 36.5 Å². The van der Waals surface area contributed by atoms with Gasteiger partial charge < -0.3 is 15.3 Å². The molecule has 0 heterocycles. The van der Waals surface area contributed by atoms with E-state index in [2.05, 4.69) is 52.8 Å². The van der Waals surface area contributed by atoms with Crippen molar-refractivity contribution in [1.82, 2.24) is 0 Å². The Hall–Kier alpha value is -3.93. The quantitative estimate of drug-likeness (QED) is 0.0481. The lowest BCUT2D eigenvalue weighted by Crippen LogP contribution is -2.69. The number of rotatable bonds is 13. The van der Waals surface area contributed by atoms with Crippen molar-refractivity contribution >= 4 is 23.1 Å². The predicted octanol–water partition coefficient (Wildman–Crippen LogP) is 10.6. The summed E-state index contributed by atoms with van der Waals surface area (Å²) in [6.45, 7) is 20.2. The van der Waals surface area contributed by atoms with Gasteiger partial charge in [0.1, 0.15) is 16.7 Å². The fourth-order valence-corrected chi connectivity index (χ4v) is 7.52. The molecule has 3 rings (SSSR count). The van der Waals surface area contributed by atoms with Crippen molar-refractivity contribution in [3.05, 3.63) is 87.6 Å². The summed E-state index contributed by atoms with van der Waals surface area (Å²) in [6.07, 6.45) is 15.0. The molecule has 6 heteroatoms. The first-order valence-corrected chi connectivity index (χ1v) is 17.6. The highest BCUT2D eigenvalue weighted by molar-refractivity contribution is 6.41. The zero-order valence-corrected chi connectivity index (χ0v) is 31.4. The molecule has 0 unspecified atom stereocenters. The van der Waals surface area contributed by atoms with Gasteiger partial charge in [-0.1, -0.05) is 72.1 Å². The third-order valence-corrected chi connectivity index (χ3v) is 10.8. The molecule has 3 atom stereocenters. The van der Waals surface area contributed by atoms with E-state index in [0.29, 0.717) is 6.42 Å². The van der Waals surface area contributed by atoms with Crippen LogP contribution in [0.15, 0.2) is 82.0 Å². The molecule has 2 aliphatic carbocycles. The highest BCUT2D eigenvalue weighted by Gasteiger charge is 2.73. The number of benzene rings is 1. The Kier molecular flexibility index (Phi) is 12.7. The molecule has 2 saturated carbocycles. The maximum atomic E-state index is 15.2. The maximum absolute atomic E-state index is 15.2. The number of phenols is 2. The lowest BCUT2D eigenvalue weighted by atomic mass is 9.38. The van der Waals surface area contributed by atoms with Gasteiger partial charge in [-0.2, -0.15) is 0 Å². The van der Waals surface area contributed by atoms with E-state index in [1.54, 1.807) is 0 Å². The Morgan fingerprint density at radius 1 is 0.735 bits per heavy atom. The van der Waals surface area contributed by atoms with Crippen LogP contribution in [0.2, 0.25) is 0 Å². The van der Waals surface area contributed by atoms with E-state index in [1.165, 1.54) is 28.9 Å². The van der Waals surface area contributed by atoms with Gasteiger partial charge in [-0.3, -0.25) is 14.4 Å². The van der Waals surface area contributed by atoms with Crippen LogP contribution in [0.5, 0.6) is 11.5 Å². The van der Waals surface area contributed by atoms with Crippen molar-refractivity contribution in [2.75, 3.05) is 0 Å². The van der Waals surface area contributed by atoms with E-state index in [9.17, 15) is 20.1 Å². The van der Waals surface area contributed by atoms with E-state index in [1.807, 2.05) is 46.8 Å². The van der Waals surface area contributed by atoms with Crippen molar-refractivity contribution in [3.8, 4) is 11.5 Å². The first kappa shape index (κ1) is 39.5. The van der Waals surface area contributed by atoms with Crippen LogP contribution < -0.4 is 0 Å². The Morgan fingerprint density at radius 3 is 1.82 bits per heavy atom. The standard InChI is InChI=1S/C43H58O6/c1-27(2)13-11-15-30(7)17-19-33-26-42(23-22-31(8)16-12-14-28(3)4)38(47)36(37(46)32-18-20-34(44)35(45)25-32)39(48)43(40(42)49,41(33,9)10)24-21-29(5)6/h13-14,17-18,20-22,25,33,44-46H,11-12,15-16,19,23-24,26H2,1-10H3/b30-17+,31-22+,37-36+/t33-,42+,43-/m0/s1. The maximum Gasteiger partial charge on any atom is 0.184 e. The van der Waals surface area contributed by atoms with Gasteiger partial charge in [-0.25, -0.2) is 0 Å². The van der Waals surface area contributed by atoms with Gasteiger partial charge in [0.15, 0.2) is 28.8 Å². The average Bonchev–Trinajstić information content (AvgIpc) is 3.00. The fraction of sp³-hybridized carbons (Fsp3) is 0.512. The third-order valence-electron chi connectivity index (χ3n) is 10.8. The number of ketones is 3. The normalized spacial score (nSPS) is 24.8. The monoisotopic (exact) mass is 670 g/mol. The van der Waals surface area contributed by atoms with Crippen molar-refractivity contribution in [3.63, 3.8) is 0 Å². The summed E-state index contributed by atoms with van der Waals surface area (Å²) in [5.74, 6) is -3.36. The first-order chi connectivity index (χ1) is 22.8. The summed E-state index contributed by atoms with van der Waals surface area (Å²) < 4.78 is 0. The van der Waals surface area contributed by atoms with Gasteiger partial charge in [-0.05, 0) is 136 Å². The SMILES string of the molecule is CC(C)=CCC/C(C)=C/C[C@H]1C[C@]2(C/C=C(\C)CCC=C(C)C)C(=O)/C(=C(\O)c3ccc(O)c(O)c3)C(=O)[C@@](CC=C(C)C)(C2=O)C1(C)C. The fourth-order valence-electron chi connectivity index (χ4n) is 7.52. The summed E-state index contributed by atoms with van der Waals surface area (Å²) in [4.78, 5) is 45.1. The number of carbonyl (C=O) groups excluding carboxylic acids is 3. The minimum absolute atomic E-state index is 0.0182. The third kappa shape index (κ3) is 8.11. The molecule has 6 nitrogen and oxygen atoms in total. The van der Waals surface area contributed by atoms with Crippen molar-refractivity contribution in [2.45, 2.75) is 121 Å². The Balaban J connectivity index is 2.32. The number of aliphatic hydroxyl groups is 1. The molecular formula is C43H58O6. The molecule has 2 fully saturated rings. The molecule has 0 amide bonds. The van der Waals surface area contributed by atoms with Gasteiger partial charge in [0.05, 0.1) is 5.41 Å². The molecule has 0 saturated heterocycles. The summed E-state index contributed by atoms with van der Waals surface area (Å²) >= 11 is 0. The molecule has 1 aromatic rings. The molecule has 49 heavy (non-hydrogen) atoms. The molecule has 0 radical (unpaired) electrons. The zero-order chi connectivity index (χ0) is 36.9. The van der Waals surface area contributed by atoms with Crippen LogP contribution in [0, 0.1) is 22.2 Å². The lowest BCUT2D eigenvalue weighted by Gasteiger charge is -2.60. The number of hydrogen-bond donors (Lipinski definition) is 3. The van der Waals surface area contributed by atoms with E-state index < -0.39 is 50.6 Å². The second-order valence-electron chi connectivity index (χ2n) is 15.7. The summed E-state index contributed by atoms with van der Waals surface area (Å²) in [5.41, 5.74) is 1.27. The van der Waals surface area contributed by atoms with E-state index in [0.717, 1.165) is 42.9 Å². The first-order valence-electron chi connectivity index (χ1n) is 17.6. The van der Waals surface area contributed by atoms with Crippen LogP contribution in [0.25, 0.3) is 5.76 Å². The van der Waals surface area contributed by atoms with Gasteiger partial charge in [0, 0.05) is 5.56 Å². The number of fused-ring (bicyclic) bond motifs is 2. The van der Waals surface area contributed by atoms with E-state index >= 15 is 9.59 Å². The number of hydrogen-bond acceptors (Lipinski definition) is 6. The van der Waals surface area contributed by atoms with Gasteiger partial charge in [0.2, 0.25) is 0 Å². The molecule has 0 aromatic heterocycles. The van der Waals surface area contributed by atoms with Gasteiger partial charge in [-0.15, -0.1) is 0 Å². The number of allylic oxidation sites excluding steroid dienone is 11. The molecule has 0 spiro atoms. The van der Waals surface area contributed by atoms with Crippen LogP contribution >= 0.6 is 0 Å². The van der Waals surface area contributed by atoms with Crippen LogP contribution in [-0.2, 0) is 14.4 Å². The molecule has 2 aliphatic rings. The largest absolute Gasteiger partial charge is 0.506 e. The lowest BCUT2D eigenvalue weighted by molar-refractivity contribution is -0.176. The summed E-state index contributed by atoms with van der Waals surface area (Å²) in [5, 5.41) is 31.9. The molecule has 2 bridgehead atoms. The predicted molar refractivity (Wildman–Crippen MR) is 199 cm³/mol. The Morgan fingerprint density at radius 2 is 1.29 bits per heavy atom. The number of aliphatic hydroxyl groups excluding tert-OH is 1. The van der Waals surface area contributed by atoms with Gasteiger partial charge >= 0.3 is 0 Å². The van der Waals surface area contributed by atoms with Gasteiger partial charge in [0.25, 0.3) is 0 Å². The Bertz CT molecular complexity index is 1650. The van der Waals surface area contributed by atoms with Crippen LogP contribution in [0.4, 0.5) is 0 Å². The number of aromatic hydroxyl groups is 2. The molecule has 0 aliphatic heterocycles. The smallest absolute Gasteiger partial charge is 0.184 e. The topological polar surface area (TPSA) is 112 Å². The van der Waals surface area contributed by atoms with E-state index in [4.69, 9.17) is 0 Å². The van der Waals surface area contributed by atoms with Crippen molar-refractivity contribution in [1.29, 1.82) is 0 Å². The van der Waals surface area contributed by atoms with Crippen LogP contribution in [0.3, 0.4) is 0 Å². The van der Waals surface area contributed by atoms with Crippen LogP contribution in [0.1, 0.15) is 126 Å². The van der Waals surface area contributed by atoms with Crippen molar-refractivity contribution < 1.29 is 29.7 Å². The highest BCUT2D eigenvalue weighted by Crippen LogP contribution is 2.65. The highest BCUT2D eigenvalue weighted by atomic mass is 16.3.